The molecule has 1 amide bonds. The summed E-state index contributed by atoms with van der Waals surface area (Å²) in [6.07, 6.45) is -0.547. The third-order valence-corrected chi connectivity index (χ3v) is 2.30. The van der Waals surface area contributed by atoms with Gasteiger partial charge in [0.2, 0.25) is 5.91 Å². The molecule has 0 aromatic carbocycles. The van der Waals surface area contributed by atoms with E-state index in [0.29, 0.717) is 13.0 Å². The molecule has 4 heteroatoms. The van der Waals surface area contributed by atoms with E-state index in [9.17, 15) is 9.18 Å². The Morgan fingerprint density at radius 2 is 2.07 bits per heavy atom. The SMILES string of the molecule is CN1CC(F)CC1C(=O)NC(C)(C)C. The Morgan fingerprint density at radius 3 is 2.43 bits per heavy atom. The number of nitrogens with one attached hydrogen (secondary N) is 1. The maximum absolute atomic E-state index is 13.0. The Labute approximate surface area is 84.7 Å². The fourth-order valence-electron chi connectivity index (χ4n) is 1.70. The molecule has 0 saturated carbocycles. The minimum atomic E-state index is -0.865. The van der Waals surface area contributed by atoms with Gasteiger partial charge in [-0.15, -0.1) is 0 Å². The van der Waals surface area contributed by atoms with Crippen molar-refractivity contribution in [2.45, 2.75) is 44.9 Å². The van der Waals surface area contributed by atoms with E-state index in [4.69, 9.17) is 0 Å². The van der Waals surface area contributed by atoms with Gasteiger partial charge in [-0.1, -0.05) is 0 Å². The van der Waals surface area contributed by atoms with Crippen molar-refractivity contribution >= 4 is 5.91 Å². The van der Waals surface area contributed by atoms with Gasteiger partial charge < -0.3 is 5.32 Å². The predicted molar refractivity (Wildman–Crippen MR) is 53.8 cm³/mol. The average molecular weight is 202 g/mol. The normalized spacial score (nSPS) is 29.2. The molecule has 1 saturated heterocycles. The summed E-state index contributed by atoms with van der Waals surface area (Å²) in [5.74, 6) is -0.0693. The van der Waals surface area contributed by atoms with Crippen LogP contribution in [0.15, 0.2) is 0 Å². The summed E-state index contributed by atoms with van der Waals surface area (Å²) < 4.78 is 13.0. The van der Waals surface area contributed by atoms with Gasteiger partial charge in [0, 0.05) is 18.5 Å². The second kappa shape index (κ2) is 3.85. The van der Waals surface area contributed by atoms with E-state index in [-0.39, 0.29) is 17.5 Å². The first-order chi connectivity index (χ1) is 6.29. The van der Waals surface area contributed by atoms with Gasteiger partial charge in [0.1, 0.15) is 6.17 Å². The Morgan fingerprint density at radius 1 is 1.50 bits per heavy atom. The lowest BCUT2D eigenvalue weighted by molar-refractivity contribution is -0.126. The first kappa shape index (κ1) is 11.4. The van der Waals surface area contributed by atoms with Crippen LogP contribution in [0.1, 0.15) is 27.2 Å². The van der Waals surface area contributed by atoms with Crippen molar-refractivity contribution in [3.8, 4) is 0 Å². The van der Waals surface area contributed by atoms with Crippen LogP contribution < -0.4 is 5.32 Å². The van der Waals surface area contributed by atoms with Crippen molar-refractivity contribution in [2.75, 3.05) is 13.6 Å². The minimum absolute atomic E-state index is 0.0693. The molecule has 82 valence electrons. The minimum Gasteiger partial charge on any atom is -0.350 e. The van der Waals surface area contributed by atoms with Crippen molar-refractivity contribution in [2.24, 2.45) is 0 Å². The monoisotopic (exact) mass is 202 g/mol. The van der Waals surface area contributed by atoms with Crippen LogP contribution in [0.5, 0.6) is 0 Å². The number of likely N-dealkylation sites (N-methyl/N-ethyl adjacent to an activating group) is 1. The van der Waals surface area contributed by atoms with Crippen LogP contribution >= 0.6 is 0 Å². The fraction of sp³-hybridized carbons (Fsp3) is 0.900. The molecule has 2 unspecified atom stereocenters. The van der Waals surface area contributed by atoms with Crippen molar-refractivity contribution in [3.63, 3.8) is 0 Å². The number of carbonyl (C=O) groups excluding carboxylic acids is 1. The molecule has 1 N–H and O–H groups in total. The standard InChI is InChI=1S/C10H19FN2O/c1-10(2,3)12-9(14)8-5-7(11)6-13(8)4/h7-8H,5-6H2,1-4H3,(H,12,14). The summed E-state index contributed by atoms with van der Waals surface area (Å²) in [6.45, 7) is 6.13. The topological polar surface area (TPSA) is 32.3 Å². The lowest BCUT2D eigenvalue weighted by Gasteiger charge is -2.25. The zero-order valence-corrected chi connectivity index (χ0v) is 9.30. The highest BCUT2D eigenvalue weighted by Gasteiger charge is 2.35. The Kier molecular flexibility index (Phi) is 3.14. The molecular weight excluding hydrogens is 183 g/mol. The Hall–Kier alpha value is -0.640. The van der Waals surface area contributed by atoms with E-state index < -0.39 is 6.17 Å². The van der Waals surface area contributed by atoms with Gasteiger partial charge in [-0.2, -0.15) is 0 Å². The number of hydrogen-bond donors (Lipinski definition) is 1. The third-order valence-electron chi connectivity index (χ3n) is 2.30. The van der Waals surface area contributed by atoms with Gasteiger partial charge in [0.05, 0.1) is 6.04 Å². The van der Waals surface area contributed by atoms with Crippen molar-refractivity contribution in [3.05, 3.63) is 0 Å². The Bertz CT molecular complexity index is 225. The summed E-state index contributed by atoms with van der Waals surface area (Å²) in [4.78, 5) is 13.5. The van der Waals surface area contributed by atoms with Crippen molar-refractivity contribution < 1.29 is 9.18 Å². The van der Waals surface area contributed by atoms with E-state index in [1.165, 1.54) is 0 Å². The lowest BCUT2D eigenvalue weighted by atomic mass is 10.1. The highest BCUT2D eigenvalue weighted by molar-refractivity contribution is 5.82. The Balaban J connectivity index is 2.53. The molecule has 1 aliphatic rings. The number of alkyl halides is 1. The molecule has 0 aliphatic carbocycles. The van der Waals surface area contributed by atoms with Crippen LogP contribution in [0.3, 0.4) is 0 Å². The predicted octanol–water partition coefficient (Wildman–Crippen LogP) is 0.943. The van der Waals surface area contributed by atoms with Gasteiger partial charge in [-0.3, -0.25) is 9.69 Å². The van der Waals surface area contributed by atoms with Gasteiger partial charge >= 0.3 is 0 Å². The average Bonchev–Trinajstić information content (AvgIpc) is 2.26. The number of hydrogen-bond acceptors (Lipinski definition) is 2. The van der Waals surface area contributed by atoms with Crippen molar-refractivity contribution in [1.29, 1.82) is 0 Å². The van der Waals surface area contributed by atoms with Gasteiger partial charge in [0.15, 0.2) is 0 Å². The van der Waals surface area contributed by atoms with Crippen molar-refractivity contribution in [1.82, 2.24) is 10.2 Å². The second-order valence-electron chi connectivity index (χ2n) is 5.03. The molecule has 0 aromatic heterocycles. The second-order valence-corrected chi connectivity index (χ2v) is 5.03. The smallest absolute Gasteiger partial charge is 0.237 e. The van der Waals surface area contributed by atoms with E-state index in [0.717, 1.165) is 0 Å². The van der Waals surface area contributed by atoms with E-state index in [1.807, 2.05) is 20.8 Å². The van der Waals surface area contributed by atoms with Crippen LogP contribution in [0.4, 0.5) is 4.39 Å². The van der Waals surface area contributed by atoms with E-state index in [2.05, 4.69) is 5.32 Å². The first-order valence-corrected chi connectivity index (χ1v) is 4.96. The van der Waals surface area contributed by atoms with E-state index >= 15 is 0 Å². The molecule has 1 aliphatic heterocycles. The number of halogens is 1. The van der Waals surface area contributed by atoms with Gasteiger partial charge in [-0.25, -0.2) is 4.39 Å². The largest absolute Gasteiger partial charge is 0.350 e. The molecule has 0 bridgehead atoms. The maximum Gasteiger partial charge on any atom is 0.237 e. The van der Waals surface area contributed by atoms with E-state index in [1.54, 1.807) is 11.9 Å². The highest BCUT2D eigenvalue weighted by Crippen LogP contribution is 2.19. The number of carbonyl (C=O) groups is 1. The molecule has 0 radical (unpaired) electrons. The van der Waals surface area contributed by atoms with Crippen LogP contribution in [0, 0.1) is 0 Å². The summed E-state index contributed by atoms with van der Waals surface area (Å²) >= 11 is 0. The molecule has 3 nitrogen and oxygen atoms in total. The molecule has 0 aromatic rings. The molecule has 1 fully saturated rings. The van der Waals surface area contributed by atoms with Crippen LogP contribution in [0.25, 0.3) is 0 Å². The third kappa shape index (κ3) is 2.94. The molecular formula is C10H19FN2O. The molecule has 0 spiro atoms. The number of likely N-dealkylation sites (tertiary alicyclic amines) is 1. The van der Waals surface area contributed by atoms with Crippen LogP contribution in [0.2, 0.25) is 0 Å². The van der Waals surface area contributed by atoms with Gasteiger partial charge in [0.25, 0.3) is 0 Å². The number of amides is 1. The zero-order chi connectivity index (χ0) is 10.9. The van der Waals surface area contributed by atoms with Gasteiger partial charge in [-0.05, 0) is 27.8 Å². The summed E-state index contributed by atoms with van der Waals surface area (Å²) in [5.41, 5.74) is -0.244. The summed E-state index contributed by atoms with van der Waals surface area (Å²) in [6, 6.07) is -0.302. The quantitative estimate of drug-likeness (QED) is 0.686. The summed E-state index contributed by atoms with van der Waals surface area (Å²) in [7, 11) is 1.78. The maximum atomic E-state index is 13.0. The van der Waals surface area contributed by atoms with Crippen LogP contribution in [-0.2, 0) is 4.79 Å². The zero-order valence-electron chi connectivity index (χ0n) is 9.30. The number of rotatable bonds is 1. The first-order valence-electron chi connectivity index (χ1n) is 4.96. The number of nitrogens with zero attached hydrogens (tertiary/aromatic N) is 1. The highest BCUT2D eigenvalue weighted by atomic mass is 19.1. The molecule has 1 heterocycles. The fourth-order valence-corrected chi connectivity index (χ4v) is 1.70. The molecule has 14 heavy (non-hydrogen) atoms. The molecule has 1 rings (SSSR count). The van der Waals surface area contributed by atoms with Crippen LogP contribution in [-0.4, -0.2) is 42.2 Å². The molecule has 2 atom stereocenters. The summed E-state index contributed by atoms with van der Waals surface area (Å²) in [5, 5.41) is 2.86. The lowest BCUT2D eigenvalue weighted by Crippen LogP contribution is -2.49.